The first-order valence-corrected chi connectivity index (χ1v) is 9.22. The van der Waals surface area contributed by atoms with Crippen molar-refractivity contribution in [2.24, 2.45) is 0 Å². The molecule has 0 fully saturated rings. The number of aromatic nitrogens is 1. The molecule has 0 spiro atoms. The van der Waals surface area contributed by atoms with Gasteiger partial charge in [0.15, 0.2) is 0 Å². The number of amides is 2. The molecule has 2 N–H and O–H groups in total. The molecule has 142 valence electrons. The predicted molar refractivity (Wildman–Crippen MR) is 111 cm³/mol. The van der Waals surface area contributed by atoms with Gasteiger partial charge in [0.1, 0.15) is 5.69 Å². The van der Waals surface area contributed by atoms with Crippen molar-refractivity contribution in [3.8, 4) is 0 Å². The fourth-order valence-electron chi connectivity index (χ4n) is 2.73. The van der Waals surface area contributed by atoms with E-state index < -0.39 is 5.91 Å². The summed E-state index contributed by atoms with van der Waals surface area (Å²) in [5, 5.41) is 6.28. The quantitative estimate of drug-likeness (QED) is 0.654. The topological polar surface area (TPSA) is 71.1 Å². The van der Waals surface area contributed by atoms with E-state index >= 15 is 0 Å². The lowest BCUT2D eigenvalue weighted by Crippen LogP contribution is -2.27. The first-order chi connectivity index (χ1) is 13.5. The van der Waals surface area contributed by atoms with Gasteiger partial charge in [-0.15, -0.1) is 0 Å². The van der Waals surface area contributed by atoms with Crippen LogP contribution in [0, 0.1) is 6.92 Å². The Kier molecular flexibility index (Phi) is 6.06. The number of hydrogen-bond acceptors (Lipinski definition) is 3. The van der Waals surface area contributed by atoms with Gasteiger partial charge in [-0.2, -0.15) is 0 Å². The van der Waals surface area contributed by atoms with Gasteiger partial charge in [0.2, 0.25) is 0 Å². The lowest BCUT2D eigenvalue weighted by atomic mass is 10.1. The molecule has 6 heteroatoms. The summed E-state index contributed by atoms with van der Waals surface area (Å²) < 4.78 is 0. The van der Waals surface area contributed by atoms with E-state index in [0.29, 0.717) is 16.3 Å². The zero-order valence-corrected chi connectivity index (χ0v) is 16.3. The van der Waals surface area contributed by atoms with Crippen LogP contribution in [-0.4, -0.2) is 16.8 Å². The molecule has 1 atom stereocenters. The van der Waals surface area contributed by atoms with Crippen molar-refractivity contribution >= 4 is 29.1 Å². The molecule has 3 aromatic rings. The van der Waals surface area contributed by atoms with E-state index in [9.17, 15) is 9.59 Å². The first-order valence-electron chi connectivity index (χ1n) is 8.84. The second kappa shape index (κ2) is 8.67. The number of halogens is 1. The smallest absolute Gasteiger partial charge is 0.274 e. The Bertz CT molecular complexity index is 1010. The third-order valence-electron chi connectivity index (χ3n) is 4.42. The molecule has 0 saturated carbocycles. The minimum absolute atomic E-state index is 0.152. The highest BCUT2D eigenvalue weighted by Crippen LogP contribution is 2.23. The van der Waals surface area contributed by atoms with E-state index in [1.807, 2.05) is 44.2 Å². The highest BCUT2D eigenvalue weighted by atomic mass is 35.5. The molecular formula is C22H20ClN3O2. The van der Waals surface area contributed by atoms with Crippen LogP contribution in [0.5, 0.6) is 0 Å². The van der Waals surface area contributed by atoms with Crippen LogP contribution in [0.15, 0.2) is 66.9 Å². The van der Waals surface area contributed by atoms with Gasteiger partial charge in [-0.3, -0.25) is 14.6 Å². The van der Waals surface area contributed by atoms with E-state index in [1.165, 1.54) is 12.3 Å². The van der Waals surface area contributed by atoms with Crippen molar-refractivity contribution in [3.63, 3.8) is 0 Å². The number of benzene rings is 2. The van der Waals surface area contributed by atoms with Crippen LogP contribution in [0.1, 0.15) is 44.9 Å². The maximum absolute atomic E-state index is 12.6. The second-order valence-electron chi connectivity index (χ2n) is 6.40. The van der Waals surface area contributed by atoms with Gasteiger partial charge in [0.25, 0.3) is 11.8 Å². The summed E-state index contributed by atoms with van der Waals surface area (Å²) in [6.45, 7) is 3.73. The Morgan fingerprint density at radius 1 is 1.00 bits per heavy atom. The van der Waals surface area contributed by atoms with Gasteiger partial charge in [0.05, 0.1) is 6.04 Å². The molecule has 0 aliphatic heterocycles. The summed E-state index contributed by atoms with van der Waals surface area (Å²) in [4.78, 5) is 29.2. The summed E-state index contributed by atoms with van der Waals surface area (Å²) in [5.41, 5.74) is 2.89. The molecule has 2 aromatic carbocycles. The van der Waals surface area contributed by atoms with E-state index in [4.69, 9.17) is 11.6 Å². The number of carbonyl (C=O) groups excluding carboxylic acids is 2. The van der Waals surface area contributed by atoms with Gasteiger partial charge >= 0.3 is 0 Å². The Morgan fingerprint density at radius 2 is 1.75 bits per heavy atom. The summed E-state index contributed by atoms with van der Waals surface area (Å²) in [7, 11) is 0. The molecule has 0 radical (unpaired) electrons. The molecular weight excluding hydrogens is 374 g/mol. The van der Waals surface area contributed by atoms with E-state index in [1.54, 1.807) is 24.3 Å². The van der Waals surface area contributed by atoms with Gasteiger partial charge < -0.3 is 10.6 Å². The highest BCUT2D eigenvalue weighted by molar-refractivity contribution is 6.31. The maximum Gasteiger partial charge on any atom is 0.274 e. The molecule has 5 nitrogen and oxygen atoms in total. The van der Waals surface area contributed by atoms with Gasteiger partial charge in [-0.1, -0.05) is 48.0 Å². The monoisotopic (exact) mass is 393 g/mol. The van der Waals surface area contributed by atoms with Crippen molar-refractivity contribution < 1.29 is 9.59 Å². The Balaban J connectivity index is 1.73. The largest absolute Gasteiger partial charge is 0.346 e. The number of rotatable bonds is 5. The van der Waals surface area contributed by atoms with Crippen molar-refractivity contribution in [2.45, 2.75) is 19.9 Å². The van der Waals surface area contributed by atoms with Gasteiger partial charge in [0, 0.05) is 22.5 Å². The summed E-state index contributed by atoms with van der Waals surface area (Å²) in [5.74, 6) is -0.678. The molecule has 1 aromatic heterocycles. The standard InChI is InChI=1S/C22H20ClN3O2/c1-14-18(23)9-6-10-19(14)26-22(28)20-13-17(11-12-24-20)21(27)25-15(2)16-7-4-3-5-8-16/h3-13,15H,1-2H3,(H,25,27)(H,26,28). The highest BCUT2D eigenvalue weighted by Gasteiger charge is 2.15. The molecule has 0 bridgehead atoms. The Morgan fingerprint density at radius 3 is 2.50 bits per heavy atom. The molecule has 1 unspecified atom stereocenters. The normalized spacial score (nSPS) is 11.5. The number of hydrogen-bond donors (Lipinski definition) is 2. The molecule has 2 amide bonds. The van der Waals surface area contributed by atoms with E-state index in [0.717, 1.165) is 11.1 Å². The van der Waals surface area contributed by atoms with Gasteiger partial charge in [-0.25, -0.2) is 0 Å². The zero-order valence-electron chi connectivity index (χ0n) is 15.6. The minimum atomic E-state index is -0.406. The van der Waals surface area contributed by atoms with E-state index in [-0.39, 0.29) is 17.6 Å². The van der Waals surface area contributed by atoms with Crippen LogP contribution < -0.4 is 10.6 Å². The number of anilines is 1. The van der Waals surface area contributed by atoms with Crippen molar-refractivity contribution in [1.82, 2.24) is 10.3 Å². The fraction of sp³-hybridized carbons (Fsp3) is 0.136. The van der Waals surface area contributed by atoms with E-state index in [2.05, 4.69) is 15.6 Å². The van der Waals surface area contributed by atoms with Crippen LogP contribution in [0.25, 0.3) is 0 Å². The molecule has 3 rings (SSSR count). The Hall–Kier alpha value is -3.18. The summed E-state index contributed by atoms with van der Waals surface area (Å²) >= 11 is 6.09. The van der Waals surface area contributed by atoms with Crippen LogP contribution >= 0.6 is 11.6 Å². The fourth-order valence-corrected chi connectivity index (χ4v) is 2.90. The number of nitrogens with zero attached hydrogens (tertiary/aromatic N) is 1. The van der Waals surface area contributed by atoms with Crippen molar-refractivity contribution in [1.29, 1.82) is 0 Å². The summed E-state index contributed by atoms with van der Waals surface area (Å²) in [6.07, 6.45) is 1.45. The molecule has 0 saturated heterocycles. The summed E-state index contributed by atoms with van der Waals surface area (Å²) in [6, 6.07) is 17.8. The van der Waals surface area contributed by atoms with Crippen molar-refractivity contribution in [2.75, 3.05) is 5.32 Å². The third-order valence-corrected chi connectivity index (χ3v) is 4.83. The molecule has 28 heavy (non-hydrogen) atoms. The third kappa shape index (κ3) is 4.56. The van der Waals surface area contributed by atoms with Gasteiger partial charge in [-0.05, 0) is 49.2 Å². The number of nitrogens with one attached hydrogen (secondary N) is 2. The van der Waals surface area contributed by atoms with Crippen molar-refractivity contribution in [3.05, 3.63) is 94.3 Å². The lowest BCUT2D eigenvalue weighted by molar-refractivity contribution is 0.0939. The SMILES string of the molecule is Cc1c(Cl)cccc1NC(=O)c1cc(C(=O)NC(C)c2ccccc2)ccn1. The van der Waals surface area contributed by atoms with Crippen LogP contribution in [0.4, 0.5) is 5.69 Å². The zero-order chi connectivity index (χ0) is 20.1. The number of carbonyl (C=O) groups is 2. The second-order valence-corrected chi connectivity index (χ2v) is 6.81. The van der Waals surface area contributed by atoms with Crippen LogP contribution in [0.2, 0.25) is 5.02 Å². The minimum Gasteiger partial charge on any atom is -0.346 e. The van der Waals surface area contributed by atoms with Crippen LogP contribution in [-0.2, 0) is 0 Å². The maximum atomic E-state index is 12.6. The predicted octanol–water partition coefficient (Wildman–Crippen LogP) is 4.79. The average molecular weight is 394 g/mol. The number of pyridine rings is 1. The van der Waals surface area contributed by atoms with Crippen LogP contribution in [0.3, 0.4) is 0 Å². The lowest BCUT2D eigenvalue weighted by Gasteiger charge is -2.14. The Labute approximate surface area is 168 Å². The molecule has 0 aliphatic carbocycles. The first kappa shape index (κ1) is 19.6. The molecule has 0 aliphatic rings. The molecule has 1 heterocycles. The average Bonchev–Trinajstić information content (AvgIpc) is 2.72.